The highest BCUT2D eigenvalue weighted by atomic mass is 32.2. The number of phenolic OH excluding ortho intramolecular Hbond substituents is 1. The average Bonchev–Trinajstić information content (AvgIpc) is 2.85. The van der Waals surface area contributed by atoms with Crippen molar-refractivity contribution in [1.82, 2.24) is 0 Å². The van der Waals surface area contributed by atoms with Gasteiger partial charge in [0.1, 0.15) is 5.75 Å². The summed E-state index contributed by atoms with van der Waals surface area (Å²) < 4.78 is 22.2. The zero-order valence-electron chi connectivity index (χ0n) is 8.18. The van der Waals surface area contributed by atoms with E-state index in [1.807, 2.05) is 0 Å². The molecule has 1 aliphatic carbocycles. The minimum atomic E-state index is -3.72. The van der Waals surface area contributed by atoms with E-state index in [0.29, 0.717) is 5.92 Å². The van der Waals surface area contributed by atoms with Crippen LogP contribution in [0.2, 0.25) is 0 Å². The molecule has 1 aromatic carbocycles. The molecule has 2 rings (SSSR count). The summed E-state index contributed by atoms with van der Waals surface area (Å²) in [6.45, 7) is 0. The summed E-state index contributed by atoms with van der Waals surface area (Å²) in [6.07, 6.45) is 3.18. The lowest BCUT2D eigenvalue weighted by atomic mass is 10.1. The molecule has 0 bridgehead atoms. The van der Waals surface area contributed by atoms with E-state index < -0.39 is 10.0 Å². The molecule has 3 N–H and O–H groups in total. The van der Waals surface area contributed by atoms with Crippen LogP contribution in [0.15, 0.2) is 23.1 Å². The Labute approximate surface area is 88.8 Å². The zero-order chi connectivity index (χ0) is 11.1. The van der Waals surface area contributed by atoms with Gasteiger partial charge in [-0.3, -0.25) is 0 Å². The van der Waals surface area contributed by atoms with Crippen LogP contribution < -0.4 is 5.14 Å². The fourth-order valence-corrected chi connectivity index (χ4v) is 2.18. The summed E-state index contributed by atoms with van der Waals surface area (Å²) in [5.41, 5.74) is 0.835. The first-order valence-corrected chi connectivity index (χ1v) is 6.35. The summed E-state index contributed by atoms with van der Waals surface area (Å²) in [7, 11) is -3.72. The van der Waals surface area contributed by atoms with Crippen molar-refractivity contribution in [3.05, 3.63) is 23.8 Å². The van der Waals surface area contributed by atoms with E-state index in [-0.39, 0.29) is 10.6 Å². The van der Waals surface area contributed by atoms with Gasteiger partial charge in [-0.05, 0) is 48.9 Å². The molecule has 15 heavy (non-hydrogen) atoms. The molecule has 5 heteroatoms. The molecule has 0 heterocycles. The fourth-order valence-electron chi connectivity index (χ4n) is 1.58. The van der Waals surface area contributed by atoms with Gasteiger partial charge in [-0.15, -0.1) is 0 Å². The third kappa shape index (κ3) is 2.70. The molecule has 0 spiro atoms. The average molecular weight is 227 g/mol. The Hall–Kier alpha value is -1.07. The zero-order valence-corrected chi connectivity index (χ0v) is 9.00. The summed E-state index contributed by atoms with van der Waals surface area (Å²) in [5.74, 6) is 0.595. The lowest BCUT2D eigenvalue weighted by Gasteiger charge is -2.04. The Morgan fingerprint density at radius 1 is 1.33 bits per heavy atom. The van der Waals surface area contributed by atoms with Crippen molar-refractivity contribution >= 4 is 10.0 Å². The van der Waals surface area contributed by atoms with Gasteiger partial charge in [0.05, 0.1) is 4.90 Å². The van der Waals surface area contributed by atoms with Gasteiger partial charge in [-0.25, -0.2) is 13.6 Å². The minimum absolute atomic E-state index is 0.0156. The van der Waals surface area contributed by atoms with Crippen molar-refractivity contribution in [3.63, 3.8) is 0 Å². The second kappa shape index (κ2) is 3.50. The number of nitrogens with two attached hydrogens (primary N) is 1. The Bertz CT molecular complexity index is 477. The van der Waals surface area contributed by atoms with Crippen LogP contribution in [0.3, 0.4) is 0 Å². The molecular weight excluding hydrogens is 214 g/mol. The molecular formula is C10H13NO3S. The molecule has 1 fully saturated rings. The van der Waals surface area contributed by atoms with Crippen LogP contribution in [-0.4, -0.2) is 13.5 Å². The van der Waals surface area contributed by atoms with Crippen LogP contribution in [-0.2, 0) is 16.4 Å². The largest absolute Gasteiger partial charge is 0.508 e. The number of aromatic hydroxyl groups is 1. The molecule has 0 atom stereocenters. The molecule has 0 radical (unpaired) electrons. The van der Waals surface area contributed by atoms with Crippen molar-refractivity contribution in [2.24, 2.45) is 11.1 Å². The molecule has 0 aliphatic heterocycles. The van der Waals surface area contributed by atoms with Crippen LogP contribution in [0.5, 0.6) is 5.75 Å². The van der Waals surface area contributed by atoms with Gasteiger partial charge in [-0.1, -0.05) is 0 Å². The van der Waals surface area contributed by atoms with Gasteiger partial charge in [0.25, 0.3) is 0 Å². The summed E-state index contributed by atoms with van der Waals surface area (Å²) in [5, 5.41) is 14.4. The molecule has 0 saturated heterocycles. The van der Waals surface area contributed by atoms with E-state index in [9.17, 15) is 13.5 Å². The van der Waals surface area contributed by atoms with E-state index in [1.165, 1.54) is 25.0 Å². The summed E-state index contributed by atoms with van der Waals surface area (Å²) in [6, 6.07) is 4.30. The van der Waals surface area contributed by atoms with E-state index in [1.54, 1.807) is 6.07 Å². The topological polar surface area (TPSA) is 80.4 Å². The third-order valence-electron chi connectivity index (χ3n) is 2.50. The van der Waals surface area contributed by atoms with E-state index in [0.717, 1.165) is 12.0 Å². The molecule has 0 aromatic heterocycles. The molecule has 1 saturated carbocycles. The third-order valence-corrected chi connectivity index (χ3v) is 3.39. The molecule has 1 aliphatic rings. The fraction of sp³-hybridized carbons (Fsp3) is 0.400. The standard InChI is InChI=1S/C10H13NO3S/c11-15(13,14)10-5-8(3-7-1-2-7)4-9(12)6-10/h4-7,12H,1-3H2,(H2,11,13,14). The van der Waals surface area contributed by atoms with E-state index >= 15 is 0 Å². The van der Waals surface area contributed by atoms with Crippen LogP contribution in [0.25, 0.3) is 0 Å². The van der Waals surface area contributed by atoms with Gasteiger partial charge < -0.3 is 5.11 Å². The maximum absolute atomic E-state index is 11.1. The molecule has 4 nitrogen and oxygen atoms in total. The SMILES string of the molecule is NS(=O)(=O)c1cc(O)cc(CC2CC2)c1. The van der Waals surface area contributed by atoms with Crippen LogP contribution >= 0.6 is 0 Å². The first-order chi connectivity index (χ1) is 6.95. The molecule has 82 valence electrons. The second-order valence-corrected chi connectivity index (χ2v) is 5.59. The molecule has 0 unspecified atom stereocenters. The van der Waals surface area contributed by atoms with Gasteiger partial charge in [0.15, 0.2) is 0 Å². The van der Waals surface area contributed by atoms with Gasteiger partial charge in [0.2, 0.25) is 10.0 Å². The van der Waals surface area contributed by atoms with Crippen LogP contribution in [0, 0.1) is 5.92 Å². The monoisotopic (exact) mass is 227 g/mol. The summed E-state index contributed by atoms with van der Waals surface area (Å²) in [4.78, 5) is -0.0156. The number of hydrogen-bond acceptors (Lipinski definition) is 3. The van der Waals surface area contributed by atoms with Crippen molar-refractivity contribution < 1.29 is 13.5 Å². The van der Waals surface area contributed by atoms with E-state index in [4.69, 9.17) is 5.14 Å². The first kappa shape index (κ1) is 10.4. The number of hydrogen-bond donors (Lipinski definition) is 2. The number of rotatable bonds is 3. The minimum Gasteiger partial charge on any atom is -0.508 e. The number of primary sulfonamides is 1. The van der Waals surface area contributed by atoms with Crippen LogP contribution in [0.1, 0.15) is 18.4 Å². The lowest BCUT2D eigenvalue weighted by Crippen LogP contribution is -2.12. The van der Waals surface area contributed by atoms with Gasteiger partial charge >= 0.3 is 0 Å². The highest BCUT2D eigenvalue weighted by Crippen LogP contribution is 2.33. The normalized spacial score (nSPS) is 16.6. The lowest BCUT2D eigenvalue weighted by molar-refractivity contribution is 0.472. The van der Waals surface area contributed by atoms with Crippen LogP contribution in [0.4, 0.5) is 0 Å². The van der Waals surface area contributed by atoms with Crippen molar-refractivity contribution in [1.29, 1.82) is 0 Å². The molecule has 1 aromatic rings. The highest BCUT2D eigenvalue weighted by Gasteiger charge is 2.22. The summed E-state index contributed by atoms with van der Waals surface area (Å²) >= 11 is 0. The predicted octanol–water partition coefficient (Wildman–Crippen LogP) is 0.992. The second-order valence-electron chi connectivity index (χ2n) is 4.03. The number of sulfonamides is 1. The van der Waals surface area contributed by atoms with E-state index in [2.05, 4.69) is 0 Å². The van der Waals surface area contributed by atoms with Gasteiger partial charge in [0, 0.05) is 0 Å². The number of phenols is 1. The smallest absolute Gasteiger partial charge is 0.238 e. The van der Waals surface area contributed by atoms with Crippen molar-refractivity contribution in [3.8, 4) is 5.75 Å². The Balaban J connectivity index is 2.35. The quantitative estimate of drug-likeness (QED) is 0.808. The van der Waals surface area contributed by atoms with Crippen molar-refractivity contribution in [2.75, 3.05) is 0 Å². The Kier molecular flexibility index (Phi) is 2.44. The number of benzene rings is 1. The molecule has 0 amide bonds. The predicted molar refractivity (Wildman–Crippen MR) is 55.9 cm³/mol. The Morgan fingerprint density at radius 2 is 2.00 bits per heavy atom. The maximum atomic E-state index is 11.1. The highest BCUT2D eigenvalue weighted by molar-refractivity contribution is 7.89. The maximum Gasteiger partial charge on any atom is 0.238 e. The Morgan fingerprint density at radius 3 is 2.53 bits per heavy atom. The van der Waals surface area contributed by atoms with Crippen molar-refractivity contribution in [2.45, 2.75) is 24.2 Å². The van der Waals surface area contributed by atoms with Gasteiger partial charge in [-0.2, -0.15) is 0 Å². The first-order valence-electron chi connectivity index (χ1n) is 4.81.